The minimum Gasteiger partial charge on any atom is -0.314 e. The van der Waals surface area contributed by atoms with Gasteiger partial charge in [-0.05, 0) is 43.5 Å². The van der Waals surface area contributed by atoms with Crippen LogP contribution in [-0.2, 0) is 16.3 Å². The Morgan fingerprint density at radius 3 is 2.78 bits per heavy atom. The molecule has 1 atom stereocenters. The van der Waals surface area contributed by atoms with E-state index < -0.39 is 9.84 Å². The van der Waals surface area contributed by atoms with Gasteiger partial charge < -0.3 is 5.32 Å². The van der Waals surface area contributed by atoms with Crippen LogP contribution in [0, 0.1) is 0 Å². The zero-order chi connectivity index (χ0) is 13.2. The van der Waals surface area contributed by atoms with Crippen LogP contribution in [0.15, 0.2) is 27.6 Å². The predicted molar refractivity (Wildman–Crippen MR) is 76.6 cm³/mol. The molecule has 0 spiro atoms. The Labute approximate surface area is 117 Å². The van der Waals surface area contributed by atoms with Gasteiger partial charge >= 0.3 is 0 Å². The molecule has 0 aliphatic carbocycles. The minimum absolute atomic E-state index is 0.387. The molecule has 100 valence electrons. The fraction of sp³-hybridized carbons (Fsp3) is 0.538. The molecule has 0 radical (unpaired) electrons. The maximum atomic E-state index is 11.8. The standard InChI is InChI=1S/C13H18BrNO2S/c1-18(16,17)13-7-4-6-12(14)11(13)9-10-5-2-3-8-15-10/h4,6-7,10,15H,2-3,5,8-9H2,1H3. The van der Waals surface area contributed by atoms with Crippen molar-refractivity contribution in [1.29, 1.82) is 0 Å². The van der Waals surface area contributed by atoms with Gasteiger partial charge in [-0.25, -0.2) is 8.42 Å². The lowest BCUT2D eigenvalue weighted by molar-refractivity contribution is 0.397. The predicted octanol–water partition coefficient (Wildman–Crippen LogP) is 2.54. The van der Waals surface area contributed by atoms with Gasteiger partial charge in [0.1, 0.15) is 0 Å². The first-order valence-corrected chi connectivity index (χ1v) is 8.88. The Balaban J connectivity index is 2.31. The quantitative estimate of drug-likeness (QED) is 0.925. The SMILES string of the molecule is CS(=O)(=O)c1cccc(Br)c1CC1CCCCN1. The second kappa shape index (κ2) is 5.72. The molecular weight excluding hydrogens is 314 g/mol. The summed E-state index contributed by atoms with van der Waals surface area (Å²) < 4.78 is 24.5. The van der Waals surface area contributed by atoms with E-state index in [1.165, 1.54) is 19.1 Å². The molecule has 5 heteroatoms. The number of halogens is 1. The molecule has 1 fully saturated rings. The van der Waals surface area contributed by atoms with Crippen molar-refractivity contribution >= 4 is 25.8 Å². The summed E-state index contributed by atoms with van der Waals surface area (Å²) in [4.78, 5) is 0.448. The number of benzene rings is 1. The zero-order valence-corrected chi connectivity index (χ0v) is 12.9. The molecular formula is C13H18BrNO2S. The summed E-state index contributed by atoms with van der Waals surface area (Å²) in [5.74, 6) is 0. The maximum Gasteiger partial charge on any atom is 0.175 e. The van der Waals surface area contributed by atoms with Crippen molar-refractivity contribution in [2.45, 2.75) is 36.6 Å². The number of hydrogen-bond donors (Lipinski definition) is 1. The van der Waals surface area contributed by atoms with Gasteiger partial charge in [-0.15, -0.1) is 0 Å². The van der Waals surface area contributed by atoms with E-state index >= 15 is 0 Å². The molecule has 3 nitrogen and oxygen atoms in total. The van der Waals surface area contributed by atoms with Gasteiger partial charge in [-0.1, -0.05) is 28.4 Å². The molecule has 1 aromatic carbocycles. The van der Waals surface area contributed by atoms with Crippen molar-refractivity contribution in [3.05, 3.63) is 28.2 Å². The van der Waals surface area contributed by atoms with E-state index in [4.69, 9.17) is 0 Å². The molecule has 0 bridgehead atoms. The van der Waals surface area contributed by atoms with E-state index in [1.54, 1.807) is 12.1 Å². The van der Waals surface area contributed by atoms with Gasteiger partial charge in [0.2, 0.25) is 0 Å². The van der Waals surface area contributed by atoms with Crippen LogP contribution < -0.4 is 5.32 Å². The topological polar surface area (TPSA) is 46.2 Å². The Hall–Kier alpha value is -0.390. The van der Waals surface area contributed by atoms with Gasteiger partial charge in [0.05, 0.1) is 4.90 Å². The third-order valence-electron chi connectivity index (χ3n) is 3.34. The Bertz CT molecular complexity index is 522. The van der Waals surface area contributed by atoms with E-state index in [1.807, 2.05) is 6.07 Å². The molecule has 1 unspecified atom stereocenters. The molecule has 1 aromatic rings. The summed E-state index contributed by atoms with van der Waals surface area (Å²) in [7, 11) is -3.16. The third-order valence-corrected chi connectivity index (χ3v) is 5.26. The number of hydrogen-bond acceptors (Lipinski definition) is 3. The Morgan fingerprint density at radius 1 is 1.39 bits per heavy atom. The largest absolute Gasteiger partial charge is 0.314 e. The van der Waals surface area contributed by atoms with E-state index in [0.29, 0.717) is 10.9 Å². The molecule has 18 heavy (non-hydrogen) atoms. The van der Waals surface area contributed by atoms with E-state index in [-0.39, 0.29) is 0 Å². The minimum atomic E-state index is -3.16. The van der Waals surface area contributed by atoms with Gasteiger partial charge in [0.25, 0.3) is 0 Å². The molecule has 1 aliphatic rings. The van der Waals surface area contributed by atoms with Crippen LogP contribution in [0.25, 0.3) is 0 Å². The van der Waals surface area contributed by atoms with E-state index in [2.05, 4.69) is 21.2 Å². The van der Waals surface area contributed by atoms with Crippen molar-refractivity contribution in [3.8, 4) is 0 Å². The first kappa shape index (κ1) is 14.0. The lowest BCUT2D eigenvalue weighted by atomic mass is 9.98. The normalized spacial score (nSPS) is 20.9. The monoisotopic (exact) mass is 331 g/mol. The van der Waals surface area contributed by atoms with Crippen LogP contribution in [0.2, 0.25) is 0 Å². The fourth-order valence-corrected chi connectivity index (χ4v) is 4.05. The highest BCUT2D eigenvalue weighted by Gasteiger charge is 2.20. The van der Waals surface area contributed by atoms with Gasteiger partial charge in [-0.3, -0.25) is 0 Å². The van der Waals surface area contributed by atoms with Crippen molar-refractivity contribution in [2.75, 3.05) is 12.8 Å². The fourth-order valence-electron chi connectivity index (χ4n) is 2.43. The van der Waals surface area contributed by atoms with Crippen molar-refractivity contribution in [1.82, 2.24) is 5.32 Å². The van der Waals surface area contributed by atoms with E-state index in [0.717, 1.165) is 29.4 Å². The first-order valence-electron chi connectivity index (χ1n) is 6.19. The average molecular weight is 332 g/mol. The number of sulfone groups is 1. The number of rotatable bonds is 3. The second-order valence-corrected chi connectivity index (χ2v) is 7.68. The summed E-state index contributed by atoms with van der Waals surface area (Å²) in [6.07, 6.45) is 5.59. The maximum absolute atomic E-state index is 11.8. The van der Waals surface area contributed by atoms with Crippen LogP contribution >= 0.6 is 15.9 Å². The van der Waals surface area contributed by atoms with Crippen LogP contribution in [0.5, 0.6) is 0 Å². The van der Waals surface area contributed by atoms with Crippen LogP contribution in [0.1, 0.15) is 24.8 Å². The zero-order valence-electron chi connectivity index (χ0n) is 10.4. The highest BCUT2D eigenvalue weighted by Crippen LogP contribution is 2.27. The van der Waals surface area contributed by atoms with Crippen LogP contribution in [0.3, 0.4) is 0 Å². The summed E-state index contributed by atoms with van der Waals surface area (Å²) in [6.45, 7) is 1.03. The summed E-state index contributed by atoms with van der Waals surface area (Å²) >= 11 is 3.47. The van der Waals surface area contributed by atoms with Gasteiger partial charge in [0.15, 0.2) is 9.84 Å². The van der Waals surface area contributed by atoms with Crippen molar-refractivity contribution in [3.63, 3.8) is 0 Å². The lowest BCUT2D eigenvalue weighted by Gasteiger charge is -2.24. The Kier molecular flexibility index (Phi) is 4.45. The molecule has 1 saturated heterocycles. The van der Waals surface area contributed by atoms with Crippen molar-refractivity contribution in [2.24, 2.45) is 0 Å². The third kappa shape index (κ3) is 3.33. The molecule has 0 aromatic heterocycles. The highest BCUT2D eigenvalue weighted by molar-refractivity contribution is 9.10. The average Bonchev–Trinajstić information content (AvgIpc) is 2.32. The highest BCUT2D eigenvalue weighted by atomic mass is 79.9. The molecule has 1 aliphatic heterocycles. The molecule has 0 saturated carbocycles. The van der Waals surface area contributed by atoms with E-state index in [9.17, 15) is 8.42 Å². The summed E-state index contributed by atoms with van der Waals surface area (Å²) in [6, 6.07) is 5.77. The second-order valence-electron chi connectivity index (χ2n) is 4.84. The summed E-state index contributed by atoms with van der Waals surface area (Å²) in [5, 5.41) is 3.46. The first-order chi connectivity index (χ1) is 8.48. The molecule has 1 N–H and O–H groups in total. The lowest BCUT2D eigenvalue weighted by Crippen LogP contribution is -2.36. The Morgan fingerprint density at radius 2 is 2.17 bits per heavy atom. The summed E-state index contributed by atoms with van der Waals surface area (Å²) in [5.41, 5.74) is 0.902. The van der Waals surface area contributed by atoms with Crippen LogP contribution in [0.4, 0.5) is 0 Å². The molecule has 2 rings (SSSR count). The van der Waals surface area contributed by atoms with Gasteiger partial charge in [0, 0.05) is 16.8 Å². The molecule has 0 amide bonds. The van der Waals surface area contributed by atoms with Gasteiger partial charge in [-0.2, -0.15) is 0 Å². The van der Waals surface area contributed by atoms with Crippen LogP contribution in [-0.4, -0.2) is 27.3 Å². The number of nitrogens with one attached hydrogen (secondary N) is 1. The molecule has 1 heterocycles. The number of piperidine rings is 1. The van der Waals surface area contributed by atoms with Crippen molar-refractivity contribution < 1.29 is 8.42 Å². The smallest absolute Gasteiger partial charge is 0.175 e.